The lowest BCUT2D eigenvalue weighted by Crippen LogP contribution is -2.17. The molecule has 6 heteroatoms. The summed E-state index contributed by atoms with van der Waals surface area (Å²) in [4.78, 5) is 10.6. The zero-order chi connectivity index (χ0) is 14.6. The highest BCUT2D eigenvalue weighted by molar-refractivity contribution is 5.68. The van der Waals surface area contributed by atoms with Gasteiger partial charge >= 0.3 is 5.97 Å². The summed E-state index contributed by atoms with van der Waals surface area (Å²) < 4.78 is 24.4. The van der Waals surface area contributed by atoms with E-state index in [4.69, 9.17) is 20.3 Å². The number of hydrogen-bond donors (Lipinski definition) is 2. The van der Waals surface area contributed by atoms with Crippen LogP contribution in [0.3, 0.4) is 0 Å². The molecule has 1 atom stereocenters. The van der Waals surface area contributed by atoms with Crippen LogP contribution in [0.25, 0.3) is 0 Å². The van der Waals surface area contributed by atoms with E-state index in [0.717, 1.165) is 6.07 Å². The first kappa shape index (κ1) is 15.2. The smallest absolute Gasteiger partial charge is 0.305 e. The predicted molar refractivity (Wildman–Crippen MR) is 67.9 cm³/mol. The Hall–Kier alpha value is -1.82. The lowest BCUT2D eigenvalue weighted by Gasteiger charge is -2.17. The van der Waals surface area contributed by atoms with Gasteiger partial charge in [0, 0.05) is 17.7 Å². The van der Waals surface area contributed by atoms with Gasteiger partial charge in [0.05, 0.1) is 19.6 Å². The van der Waals surface area contributed by atoms with Crippen LogP contribution in [-0.4, -0.2) is 24.3 Å². The van der Waals surface area contributed by atoms with Crippen molar-refractivity contribution < 1.29 is 23.8 Å². The first-order valence-electron chi connectivity index (χ1n) is 5.86. The number of halogens is 1. The number of hydrogen-bond acceptors (Lipinski definition) is 4. The number of methoxy groups -OCH3 is 1. The first-order chi connectivity index (χ1) is 8.85. The van der Waals surface area contributed by atoms with Crippen molar-refractivity contribution in [3.63, 3.8) is 0 Å². The van der Waals surface area contributed by atoms with Gasteiger partial charge in [0.25, 0.3) is 0 Å². The Labute approximate surface area is 111 Å². The van der Waals surface area contributed by atoms with E-state index >= 15 is 0 Å². The summed E-state index contributed by atoms with van der Waals surface area (Å²) in [5.41, 5.74) is 5.75. The molecule has 0 spiro atoms. The minimum atomic E-state index is -1.09. The third-order valence-electron chi connectivity index (χ3n) is 2.44. The molecule has 0 saturated heterocycles. The third kappa shape index (κ3) is 4.10. The van der Waals surface area contributed by atoms with Crippen LogP contribution < -0.4 is 15.2 Å². The summed E-state index contributed by atoms with van der Waals surface area (Å²) in [5, 5.41) is 8.68. The van der Waals surface area contributed by atoms with E-state index in [-0.39, 0.29) is 23.8 Å². The molecule has 0 saturated carbocycles. The van der Waals surface area contributed by atoms with E-state index < -0.39 is 17.8 Å². The Kier molecular flexibility index (Phi) is 5.11. The number of aliphatic carboxylic acids is 1. The molecule has 106 valence electrons. The van der Waals surface area contributed by atoms with E-state index in [2.05, 4.69) is 0 Å². The fourth-order valence-electron chi connectivity index (χ4n) is 1.64. The van der Waals surface area contributed by atoms with E-state index in [1.165, 1.54) is 13.2 Å². The van der Waals surface area contributed by atoms with Crippen molar-refractivity contribution in [1.29, 1.82) is 0 Å². The van der Waals surface area contributed by atoms with Crippen molar-refractivity contribution in [2.75, 3.05) is 7.11 Å². The maximum atomic E-state index is 13.9. The lowest BCUT2D eigenvalue weighted by molar-refractivity contribution is -0.137. The molecule has 19 heavy (non-hydrogen) atoms. The molecule has 0 aromatic heterocycles. The standard InChI is InChI=1S/C13H18FNO4/c1-7(2)19-12-5-9(14)8(4-11(12)18-3)10(15)6-13(16)17/h4-5,7,10H,6,15H2,1-3H3,(H,16,17). The maximum absolute atomic E-state index is 13.9. The Balaban J connectivity index is 3.11. The fraction of sp³-hybridized carbons (Fsp3) is 0.462. The number of carbonyl (C=O) groups is 1. The van der Waals surface area contributed by atoms with Gasteiger partial charge in [-0.05, 0) is 19.9 Å². The van der Waals surface area contributed by atoms with Crippen LogP contribution in [0.2, 0.25) is 0 Å². The van der Waals surface area contributed by atoms with Crippen molar-refractivity contribution in [3.05, 3.63) is 23.5 Å². The molecule has 1 aromatic carbocycles. The summed E-state index contributed by atoms with van der Waals surface area (Å²) in [6, 6.07) is 1.61. The monoisotopic (exact) mass is 271 g/mol. The van der Waals surface area contributed by atoms with Crippen LogP contribution in [0.4, 0.5) is 4.39 Å². The normalized spacial score (nSPS) is 12.3. The molecule has 0 aliphatic heterocycles. The fourth-order valence-corrected chi connectivity index (χ4v) is 1.64. The van der Waals surface area contributed by atoms with Gasteiger partial charge in [0.1, 0.15) is 5.82 Å². The molecular weight excluding hydrogens is 253 g/mol. The van der Waals surface area contributed by atoms with Crippen LogP contribution in [-0.2, 0) is 4.79 Å². The second-order valence-corrected chi connectivity index (χ2v) is 4.40. The Morgan fingerprint density at radius 1 is 1.42 bits per heavy atom. The highest BCUT2D eigenvalue weighted by atomic mass is 19.1. The van der Waals surface area contributed by atoms with E-state index in [1.807, 2.05) is 0 Å². The molecule has 0 heterocycles. The molecule has 0 amide bonds. The molecule has 5 nitrogen and oxygen atoms in total. The van der Waals surface area contributed by atoms with Crippen molar-refractivity contribution in [3.8, 4) is 11.5 Å². The first-order valence-corrected chi connectivity index (χ1v) is 5.86. The van der Waals surface area contributed by atoms with Crippen LogP contribution in [0.1, 0.15) is 31.9 Å². The van der Waals surface area contributed by atoms with E-state index in [1.54, 1.807) is 13.8 Å². The van der Waals surface area contributed by atoms with Gasteiger partial charge in [-0.25, -0.2) is 4.39 Å². The van der Waals surface area contributed by atoms with Gasteiger partial charge in [-0.2, -0.15) is 0 Å². The molecular formula is C13H18FNO4. The van der Waals surface area contributed by atoms with Gasteiger partial charge < -0.3 is 20.3 Å². The van der Waals surface area contributed by atoms with Gasteiger partial charge in [-0.1, -0.05) is 0 Å². The number of benzene rings is 1. The number of rotatable bonds is 6. The molecule has 1 aromatic rings. The van der Waals surface area contributed by atoms with Gasteiger partial charge in [-0.3, -0.25) is 4.79 Å². The second kappa shape index (κ2) is 6.38. The van der Waals surface area contributed by atoms with Gasteiger partial charge in [-0.15, -0.1) is 0 Å². The van der Waals surface area contributed by atoms with Crippen molar-refractivity contribution in [2.45, 2.75) is 32.4 Å². The maximum Gasteiger partial charge on any atom is 0.305 e. The highest BCUT2D eigenvalue weighted by Crippen LogP contribution is 2.33. The zero-order valence-corrected chi connectivity index (χ0v) is 11.1. The second-order valence-electron chi connectivity index (χ2n) is 4.40. The van der Waals surface area contributed by atoms with E-state index in [0.29, 0.717) is 5.75 Å². The number of carboxylic acid groups (broad SMARTS) is 1. The largest absolute Gasteiger partial charge is 0.493 e. The summed E-state index contributed by atoms with van der Waals surface area (Å²) in [5.74, 6) is -1.11. The molecule has 1 rings (SSSR count). The molecule has 0 bridgehead atoms. The molecule has 0 aliphatic carbocycles. The molecule has 3 N–H and O–H groups in total. The summed E-state index contributed by atoms with van der Waals surface area (Å²) in [6.07, 6.45) is -0.489. The SMILES string of the molecule is COc1cc(C(N)CC(=O)O)c(F)cc1OC(C)C. The Morgan fingerprint density at radius 2 is 2.05 bits per heavy atom. The Morgan fingerprint density at radius 3 is 2.53 bits per heavy atom. The predicted octanol–water partition coefficient (Wildman–Crippen LogP) is 2.10. The third-order valence-corrected chi connectivity index (χ3v) is 2.44. The zero-order valence-electron chi connectivity index (χ0n) is 11.1. The highest BCUT2D eigenvalue weighted by Gasteiger charge is 2.19. The molecule has 0 aliphatic rings. The number of ether oxygens (including phenoxy) is 2. The van der Waals surface area contributed by atoms with Gasteiger partial charge in [0.2, 0.25) is 0 Å². The molecule has 0 radical (unpaired) electrons. The van der Waals surface area contributed by atoms with Gasteiger partial charge in [0.15, 0.2) is 11.5 Å². The van der Waals surface area contributed by atoms with Crippen LogP contribution in [0, 0.1) is 5.82 Å². The summed E-state index contributed by atoms with van der Waals surface area (Å²) in [6.45, 7) is 3.61. The minimum absolute atomic E-state index is 0.0929. The lowest BCUT2D eigenvalue weighted by atomic mass is 10.0. The quantitative estimate of drug-likeness (QED) is 0.828. The number of carboxylic acids is 1. The van der Waals surface area contributed by atoms with Crippen LogP contribution >= 0.6 is 0 Å². The van der Waals surface area contributed by atoms with Crippen molar-refractivity contribution in [1.82, 2.24) is 0 Å². The molecule has 1 unspecified atom stereocenters. The van der Waals surface area contributed by atoms with Crippen LogP contribution in [0.5, 0.6) is 11.5 Å². The van der Waals surface area contributed by atoms with Crippen molar-refractivity contribution in [2.24, 2.45) is 5.73 Å². The average Bonchev–Trinajstić information content (AvgIpc) is 2.27. The minimum Gasteiger partial charge on any atom is -0.493 e. The topological polar surface area (TPSA) is 81.8 Å². The summed E-state index contributed by atoms with van der Waals surface area (Å²) in [7, 11) is 1.42. The Bertz CT molecular complexity index is 462. The summed E-state index contributed by atoms with van der Waals surface area (Å²) >= 11 is 0. The number of nitrogens with two attached hydrogens (primary N) is 1. The van der Waals surface area contributed by atoms with E-state index in [9.17, 15) is 9.18 Å². The average molecular weight is 271 g/mol. The molecule has 0 fully saturated rings. The van der Waals surface area contributed by atoms with Crippen molar-refractivity contribution >= 4 is 5.97 Å². The van der Waals surface area contributed by atoms with Crippen LogP contribution in [0.15, 0.2) is 12.1 Å².